The van der Waals surface area contributed by atoms with Crippen LogP contribution >= 0.6 is 9.24 Å². The van der Waals surface area contributed by atoms with Gasteiger partial charge in [0.2, 0.25) is 5.91 Å². The third-order valence-electron chi connectivity index (χ3n) is 10.6. The number of nitrogens with one attached hydrogen (secondary N) is 2. The predicted octanol–water partition coefficient (Wildman–Crippen LogP) is 6.24. The van der Waals surface area contributed by atoms with Gasteiger partial charge in [-0.25, -0.2) is 45.7 Å². The second-order valence-corrected chi connectivity index (χ2v) is 15.4. The zero-order valence-electron chi connectivity index (χ0n) is 29.2. The summed E-state index contributed by atoms with van der Waals surface area (Å²) in [6.45, 7) is -0.994. The van der Waals surface area contributed by atoms with E-state index in [1.54, 1.807) is 33.5 Å². The molecule has 0 radical (unpaired) electrons. The first-order valence-electron chi connectivity index (χ1n) is 17.6. The standard InChI is InChI=1S/C39H31F7N7O2P/c40-23-11-21(12-24(41)15-23)13-29(50-30(54)18-53-34-31(33(52-53)35(42)43)39(46,56)10-9-38(34,44)45)32-26(5-4-25(49-32)3-1-20-16-47-19-48-17-20)22-2-6-28-27(14-22)36(55)51-37(28)7-8-37/h2,4-6,11-12,14-17,19,29,31,34-35H,7-10,13,18,56H2,(H,50,54)(H,51,55)/t29-,31?,34?,39?/m0/s1. The van der Waals surface area contributed by atoms with Crippen LogP contribution in [0.3, 0.4) is 0 Å². The fourth-order valence-corrected chi connectivity index (χ4v) is 8.36. The maximum absolute atomic E-state index is 15.6. The molecule has 17 heteroatoms. The van der Waals surface area contributed by atoms with E-state index in [4.69, 9.17) is 4.98 Å². The summed E-state index contributed by atoms with van der Waals surface area (Å²) in [6, 6.07) is 7.81. The summed E-state index contributed by atoms with van der Waals surface area (Å²) in [5.41, 5.74) is 1.47. The fourth-order valence-electron chi connectivity index (χ4n) is 7.86. The lowest BCUT2D eigenvalue weighted by Gasteiger charge is -2.43. The minimum atomic E-state index is -3.68. The normalized spacial score (nSPS) is 23.1. The van der Waals surface area contributed by atoms with Gasteiger partial charge in [-0.15, -0.1) is 0 Å². The molecule has 2 amide bonds. The number of rotatable bonds is 8. The molecule has 2 fully saturated rings. The molecule has 2 aliphatic heterocycles. The number of carbonyl (C=O) groups excluding carboxylic acids is 2. The Morgan fingerprint density at radius 2 is 1.70 bits per heavy atom. The molecule has 2 N–H and O–H groups in total. The lowest BCUT2D eigenvalue weighted by atomic mass is 9.77. The third-order valence-corrected chi connectivity index (χ3v) is 11.2. The zero-order chi connectivity index (χ0) is 39.6. The summed E-state index contributed by atoms with van der Waals surface area (Å²) in [6.07, 6.45) is 0.479. The van der Waals surface area contributed by atoms with E-state index < -0.39 is 83.9 Å². The molecule has 2 saturated carbocycles. The Hall–Kier alpha value is -5.42. The number of halogens is 7. The van der Waals surface area contributed by atoms with Crippen molar-refractivity contribution < 1.29 is 40.3 Å². The molecule has 5 atom stereocenters. The van der Waals surface area contributed by atoms with Crippen LogP contribution in [0.15, 0.2) is 72.4 Å². The van der Waals surface area contributed by atoms with Crippen molar-refractivity contribution in [1.29, 1.82) is 0 Å². The zero-order valence-corrected chi connectivity index (χ0v) is 30.3. The van der Waals surface area contributed by atoms with E-state index in [-0.39, 0.29) is 29.3 Å². The molecule has 4 heterocycles. The molecule has 288 valence electrons. The summed E-state index contributed by atoms with van der Waals surface area (Å²) in [5, 5.41) is 7.34. The van der Waals surface area contributed by atoms with E-state index in [9.17, 15) is 27.2 Å². The van der Waals surface area contributed by atoms with Crippen LogP contribution in [0, 0.1) is 29.4 Å². The van der Waals surface area contributed by atoms with Crippen molar-refractivity contribution in [2.45, 2.75) is 67.5 Å². The van der Waals surface area contributed by atoms with Crippen molar-refractivity contribution in [1.82, 2.24) is 30.6 Å². The lowest BCUT2D eigenvalue weighted by molar-refractivity contribution is -0.141. The Balaban J connectivity index is 1.20. The third kappa shape index (κ3) is 7.09. The molecule has 8 rings (SSSR count). The number of pyridine rings is 1. The monoisotopic (exact) mass is 793 g/mol. The Kier molecular flexibility index (Phi) is 9.34. The van der Waals surface area contributed by atoms with Gasteiger partial charge >= 0.3 is 0 Å². The van der Waals surface area contributed by atoms with Crippen molar-refractivity contribution in [3.63, 3.8) is 0 Å². The SMILES string of the molecule is O=C(CN1N=C(C(F)F)C2C1C(F)(F)CCC2(F)P)N[C@@H](Cc1cc(F)cc(F)c1)c1nc(C#Cc2cncnc2)ccc1-c1ccc2c(c1)C(=O)NC21CC1. The highest BCUT2D eigenvalue weighted by atomic mass is 31.0. The Labute approximate surface area is 317 Å². The van der Waals surface area contributed by atoms with Crippen LogP contribution in [-0.4, -0.2) is 67.8 Å². The maximum atomic E-state index is 15.6. The van der Waals surface area contributed by atoms with E-state index in [2.05, 4.69) is 37.5 Å². The molecule has 4 aliphatic rings. The van der Waals surface area contributed by atoms with E-state index in [1.165, 1.54) is 18.7 Å². The van der Waals surface area contributed by atoms with E-state index in [1.807, 2.05) is 6.07 Å². The molecule has 0 bridgehead atoms. The van der Waals surface area contributed by atoms with Gasteiger partial charge in [-0.2, -0.15) is 5.10 Å². The van der Waals surface area contributed by atoms with Crippen LogP contribution in [0.5, 0.6) is 0 Å². The van der Waals surface area contributed by atoms with Crippen molar-refractivity contribution >= 4 is 26.8 Å². The number of hydrogen-bond acceptors (Lipinski definition) is 7. The van der Waals surface area contributed by atoms with Gasteiger partial charge in [0.05, 0.1) is 28.8 Å². The number of aromatic nitrogens is 3. The molecule has 1 spiro atoms. The number of alkyl halides is 5. The smallest absolute Gasteiger partial charge is 0.278 e. The number of hydrogen-bond donors (Lipinski definition) is 2. The first-order valence-corrected chi connectivity index (χ1v) is 18.2. The molecule has 56 heavy (non-hydrogen) atoms. The first-order chi connectivity index (χ1) is 26.6. The topological polar surface area (TPSA) is 112 Å². The number of nitrogens with zero attached hydrogens (tertiary/aromatic N) is 5. The van der Waals surface area contributed by atoms with Crippen molar-refractivity contribution in [2.24, 2.45) is 11.0 Å². The highest BCUT2D eigenvalue weighted by Gasteiger charge is 2.64. The number of carbonyl (C=O) groups is 2. The number of amides is 2. The minimum absolute atomic E-state index is 0.0748. The average Bonchev–Trinajstić information content (AvgIpc) is 3.72. The van der Waals surface area contributed by atoms with Gasteiger partial charge in [-0.05, 0) is 78.6 Å². The van der Waals surface area contributed by atoms with Gasteiger partial charge in [0, 0.05) is 36.0 Å². The number of hydrazone groups is 1. The molecule has 2 aromatic heterocycles. The van der Waals surface area contributed by atoms with Gasteiger partial charge in [0.1, 0.15) is 47.4 Å². The van der Waals surface area contributed by atoms with Crippen LogP contribution < -0.4 is 10.6 Å². The first kappa shape index (κ1) is 37.5. The van der Waals surface area contributed by atoms with Crippen LogP contribution in [0.1, 0.15) is 70.2 Å². The van der Waals surface area contributed by atoms with Gasteiger partial charge in [-0.3, -0.25) is 14.6 Å². The molecule has 9 nitrogen and oxygen atoms in total. The van der Waals surface area contributed by atoms with E-state index in [0.717, 1.165) is 30.5 Å². The van der Waals surface area contributed by atoms with E-state index in [0.29, 0.717) is 33.3 Å². The molecule has 0 saturated heterocycles. The summed E-state index contributed by atoms with van der Waals surface area (Å²) >= 11 is 0. The summed E-state index contributed by atoms with van der Waals surface area (Å²) < 4.78 is 104. The summed E-state index contributed by atoms with van der Waals surface area (Å²) in [4.78, 5) is 39.6. The highest BCUT2D eigenvalue weighted by Crippen LogP contribution is 2.54. The second-order valence-electron chi connectivity index (χ2n) is 14.4. The van der Waals surface area contributed by atoms with Crippen LogP contribution in [0.2, 0.25) is 0 Å². The van der Waals surface area contributed by atoms with Crippen molar-refractivity contribution in [3.8, 4) is 23.0 Å². The Morgan fingerprint density at radius 1 is 0.964 bits per heavy atom. The van der Waals surface area contributed by atoms with Gasteiger partial charge in [-0.1, -0.05) is 27.3 Å². The summed E-state index contributed by atoms with van der Waals surface area (Å²) in [5.74, 6) is -3.00. The Bertz CT molecular complexity index is 2330. The fraction of sp³-hybridized carbons (Fsp3) is 0.333. The predicted molar refractivity (Wildman–Crippen MR) is 192 cm³/mol. The van der Waals surface area contributed by atoms with Gasteiger partial charge in [0.25, 0.3) is 18.3 Å². The maximum Gasteiger partial charge on any atom is 0.278 e. The van der Waals surface area contributed by atoms with Gasteiger partial charge in [0.15, 0.2) is 0 Å². The average molecular weight is 794 g/mol. The van der Waals surface area contributed by atoms with Crippen molar-refractivity contribution in [2.75, 3.05) is 6.54 Å². The second kappa shape index (κ2) is 14.0. The van der Waals surface area contributed by atoms with Crippen LogP contribution in [0.4, 0.5) is 30.7 Å². The van der Waals surface area contributed by atoms with E-state index >= 15 is 13.2 Å². The molecular weight excluding hydrogens is 762 g/mol. The quantitative estimate of drug-likeness (QED) is 0.124. The molecule has 4 unspecified atom stereocenters. The lowest BCUT2D eigenvalue weighted by Crippen LogP contribution is -2.58. The molecular formula is C39H31F7N7O2P. The number of benzene rings is 2. The number of fused-ring (bicyclic) bond motifs is 3. The Morgan fingerprint density at radius 3 is 2.39 bits per heavy atom. The summed E-state index contributed by atoms with van der Waals surface area (Å²) in [7, 11) is 1.75. The molecule has 2 aliphatic carbocycles. The highest BCUT2D eigenvalue weighted by molar-refractivity contribution is 7.18. The largest absolute Gasteiger partial charge is 0.346 e. The molecule has 2 aromatic carbocycles. The minimum Gasteiger partial charge on any atom is -0.346 e. The van der Waals surface area contributed by atoms with Crippen LogP contribution in [0.25, 0.3) is 11.1 Å². The van der Waals surface area contributed by atoms with Gasteiger partial charge < -0.3 is 10.6 Å². The van der Waals surface area contributed by atoms with Crippen LogP contribution in [-0.2, 0) is 16.8 Å². The molecule has 4 aromatic rings. The van der Waals surface area contributed by atoms with Crippen molar-refractivity contribution in [3.05, 3.63) is 113 Å².